The predicted octanol–water partition coefficient (Wildman–Crippen LogP) is 1.78. The van der Waals surface area contributed by atoms with E-state index in [4.69, 9.17) is 4.98 Å². The van der Waals surface area contributed by atoms with Crippen LogP contribution in [0.15, 0.2) is 36.9 Å². The highest BCUT2D eigenvalue weighted by atomic mass is 15.3. The number of nitrogens with zero attached hydrogens (tertiary/aromatic N) is 5. The summed E-state index contributed by atoms with van der Waals surface area (Å²) in [6, 6.07) is 8.65. The molecule has 1 aromatic carbocycles. The maximum atomic E-state index is 4.70. The zero-order valence-corrected chi connectivity index (χ0v) is 13.1. The van der Waals surface area contributed by atoms with E-state index in [-0.39, 0.29) is 0 Å². The van der Waals surface area contributed by atoms with Crippen LogP contribution in [0.2, 0.25) is 0 Å². The smallest absolute Gasteiger partial charge is 0.137 e. The minimum absolute atomic E-state index is 0.377. The van der Waals surface area contributed by atoms with Gasteiger partial charge >= 0.3 is 0 Å². The number of hydrogen-bond acceptors (Lipinski definition) is 4. The van der Waals surface area contributed by atoms with Crippen LogP contribution < -0.4 is 5.32 Å². The summed E-state index contributed by atoms with van der Waals surface area (Å²) >= 11 is 0. The summed E-state index contributed by atoms with van der Waals surface area (Å²) in [5, 5.41) is 7.64. The highest BCUT2D eigenvalue weighted by Crippen LogP contribution is 2.14. The maximum Gasteiger partial charge on any atom is 0.137 e. The molecule has 0 aliphatic rings. The zero-order chi connectivity index (χ0) is 15.4. The second-order valence-corrected chi connectivity index (χ2v) is 5.65. The average molecular weight is 298 g/mol. The van der Waals surface area contributed by atoms with Gasteiger partial charge in [0, 0.05) is 19.5 Å². The lowest BCUT2D eigenvalue weighted by Crippen LogP contribution is -2.31. The minimum Gasteiger partial charge on any atom is -0.331 e. The van der Waals surface area contributed by atoms with E-state index in [0.29, 0.717) is 6.04 Å². The van der Waals surface area contributed by atoms with Crippen molar-refractivity contribution in [1.29, 1.82) is 0 Å². The Morgan fingerprint density at radius 3 is 2.91 bits per heavy atom. The third-order valence-corrected chi connectivity index (χ3v) is 3.88. The molecule has 3 aromatic rings. The van der Waals surface area contributed by atoms with Gasteiger partial charge in [0.05, 0.1) is 17.6 Å². The second-order valence-electron chi connectivity index (χ2n) is 5.65. The van der Waals surface area contributed by atoms with Gasteiger partial charge in [-0.15, -0.1) is 0 Å². The van der Waals surface area contributed by atoms with E-state index in [9.17, 15) is 0 Å². The lowest BCUT2D eigenvalue weighted by atomic mass is 10.2. The first-order valence-corrected chi connectivity index (χ1v) is 7.70. The Bertz CT molecular complexity index is 715. The van der Waals surface area contributed by atoms with Crippen molar-refractivity contribution in [2.75, 3.05) is 6.54 Å². The topological polar surface area (TPSA) is 60.6 Å². The van der Waals surface area contributed by atoms with Gasteiger partial charge in [-0.2, -0.15) is 5.10 Å². The van der Waals surface area contributed by atoms with Gasteiger partial charge in [0.2, 0.25) is 0 Å². The lowest BCUT2D eigenvalue weighted by molar-refractivity contribution is 0.446. The van der Waals surface area contributed by atoms with E-state index in [0.717, 1.165) is 37.3 Å². The van der Waals surface area contributed by atoms with Gasteiger partial charge in [0.15, 0.2) is 0 Å². The first kappa shape index (κ1) is 14.7. The van der Waals surface area contributed by atoms with Crippen LogP contribution in [0.1, 0.15) is 19.2 Å². The number of fused-ring (bicyclic) bond motifs is 1. The van der Waals surface area contributed by atoms with Crippen molar-refractivity contribution in [2.45, 2.75) is 32.4 Å². The molecule has 0 saturated heterocycles. The molecule has 6 nitrogen and oxygen atoms in total. The van der Waals surface area contributed by atoms with Crippen molar-refractivity contribution in [1.82, 2.24) is 29.6 Å². The average Bonchev–Trinajstić information content (AvgIpc) is 3.13. The Hall–Kier alpha value is -2.21. The summed E-state index contributed by atoms with van der Waals surface area (Å²) < 4.78 is 4.04. The van der Waals surface area contributed by atoms with Crippen LogP contribution >= 0.6 is 0 Å². The van der Waals surface area contributed by atoms with Crippen molar-refractivity contribution < 1.29 is 0 Å². The zero-order valence-electron chi connectivity index (χ0n) is 13.1. The number of aromatic nitrogens is 5. The molecule has 0 saturated carbocycles. The van der Waals surface area contributed by atoms with Crippen LogP contribution in [0, 0.1) is 0 Å². The standard InChI is InChI=1S/C16H22N6/c1-13(10-22-12-17-11-19-22)18-9-5-8-16-20-14-6-3-4-7-15(14)21(16)2/h3-4,6-7,11-13,18H,5,8-10H2,1-2H3. The number of aryl methyl sites for hydroxylation is 2. The SMILES string of the molecule is CC(Cn1cncn1)NCCCc1nc2ccccc2n1C. The quantitative estimate of drug-likeness (QED) is 0.675. The van der Waals surface area contributed by atoms with Gasteiger partial charge in [-0.3, -0.25) is 4.68 Å². The van der Waals surface area contributed by atoms with Gasteiger partial charge in [-0.1, -0.05) is 12.1 Å². The van der Waals surface area contributed by atoms with E-state index < -0.39 is 0 Å². The van der Waals surface area contributed by atoms with E-state index in [1.165, 1.54) is 5.52 Å². The van der Waals surface area contributed by atoms with Gasteiger partial charge in [0.25, 0.3) is 0 Å². The van der Waals surface area contributed by atoms with Gasteiger partial charge in [-0.25, -0.2) is 9.97 Å². The minimum atomic E-state index is 0.377. The van der Waals surface area contributed by atoms with Crippen LogP contribution in [-0.2, 0) is 20.0 Å². The fraction of sp³-hybridized carbons (Fsp3) is 0.438. The lowest BCUT2D eigenvalue weighted by Gasteiger charge is -2.13. The molecule has 0 amide bonds. The van der Waals surface area contributed by atoms with Crippen LogP contribution in [0.4, 0.5) is 0 Å². The molecule has 0 spiro atoms. The van der Waals surface area contributed by atoms with E-state index in [1.807, 2.05) is 10.7 Å². The number of rotatable bonds is 7. The highest BCUT2D eigenvalue weighted by Gasteiger charge is 2.07. The molecule has 3 rings (SSSR count). The summed E-state index contributed by atoms with van der Waals surface area (Å²) in [6.45, 7) is 3.97. The third-order valence-electron chi connectivity index (χ3n) is 3.88. The highest BCUT2D eigenvalue weighted by molar-refractivity contribution is 5.75. The molecule has 0 bridgehead atoms. The van der Waals surface area contributed by atoms with Gasteiger partial charge in [0.1, 0.15) is 18.5 Å². The Kier molecular flexibility index (Phi) is 4.48. The molecule has 1 unspecified atom stereocenters. The predicted molar refractivity (Wildman–Crippen MR) is 86.5 cm³/mol. The fourth-order valence-corrected chi connectivity index (χ4v) is 2.69. The Labute approximate surface area is 130 Å². The van der Waals surface area contributed by atoms with Gasteiger partial charge < -0.3 is 9.88 Å². The van der Waals surface area contributed by atoms with Crippen molar-refractivity contribution in [3.05, 3.63) is 42.7 Å². The first-order valence-electron chi connectivity index (χ1n) is 7.70. The molecule has 22 heavy (non-hydrogen) atoms. The molecule has 1 N–H and O–H groups in total. The Morgan fingerprint density at radius 1 is 1.27 bits per heavy atom. The van der Waals surface area contributed by atoms with Crippen LogP contribution in [0.3, 0.4) is 0 Å². The second kappa shape index (κ2) is 6.70. The molecule has 0 fully saturated rings. The number of hydrogen-bond donors (Lipinski definition) is 1. The fourth-order valence-electron chi connectivity index (χ4n) is 2.69. The largest absolute Gasteiger partial charge is 0.331 e. The van der Waals surface area contributed by atoms with E-state index in [1.54, 1.807) is 12.7 Å². The van der Waals surface area contributed by atoms with Crippen molar-refractivity contribution >= 4 is 11.0 Å². The van der Waals surface area contributed by atoms with Crippen LogP contribution in [-0.4, -0.2) is 36.9 Å². The van der Waals surface area contributed by atoms with Gasteiger partial charge in [-0.05, 0) is 32.0 Å². The van der Waals surface area contributed by atoms with Crippen LogP contribution in [0.5, 0.6) is 0 Å². The summed E-state index contributed by atoms with van der Waals surface area (Å²) in [5.74, 6) is 1.15. The Balaban J connectivity index is 1.47. The third kappa shape index (κ3) is 3.33. The maximum absolute atomic E-state index is 4.70. The number of para-hydroxylation sites is 2. The van der Waals surface area contributed by atoms with Crippen LogP contribution in [0.25, 0.3) is 11.0 Å². The van der Waals surface area contributed by atoms with Crippen molar-refractivity contribution in [2.24, 2.45) is 7.05 Å². The normalized spacial score (nSPS) is 12.8. The molecule has 0 radical (unpaired) electrons. The first-order chi connectivity index (χ1) is 10.7. The van der Waals surface area contributed by atoms with Crippen molar-refractivity contribution in [3.63, 3.8) is 0 Å². The van der Waals surface area contributed by atoms with E-state index in [2.05, 4.69) is 52.1 Å². The van der Waals surface area contributed by atoms with E-state index >= 15 is 0 Å². The molecular weight excluding hydrogens is 276 g/mol. The molecule has 116 valence electrons. The molecule has 0 aliphatic carbocycles. The summed E-state index contributed by atoms with van der Waals surface area (Å²) in [6.07, 6.45) is 5.36. The van der Waals surface area contributed by atoms with Crippen molar-refractivity contribution in [3.8, 4) is 0 Å². The number of nitrogens with one attached hydrogen (secondary N) is 1. The summed E-state index contributed by atoms with van der Waals surface area (Å²) in [7, 11) is 2.09. The molecule has 2 aromatic heterocycles. The monoisotopic (exact) mass is 298 g/mol. The molecule has 6 heteroatoms. The Morgan fingerprint density at radius 2 is 2.14 bits per heavy atom. The molecule has 1 atom stereocenters. The molecule has 2 heterocycles. The number of imidazole rings is 1. The molecule has 0 aliphatic heterocycles. The molecular formula is C16H22N6. The number of benzene rings is 1. The summed E-state index contributed by atoms with van der Waals surface area (Å²) in [4.78, 5) is 8.66. The summed E-state index contributed by atoms with van der Waals surface area (Å²) in [5.41, 5.74) is 2.28.